The Morgan fingerprint density at radius 3 is 2.94 bits per heavy atom. The van der Waals surface area contributed by atoms with Crippen LogP contribution in [0.1, 0.15) is 5.82 Å². The number of fused-ring (bicyclic) bond motifs is 1. The molecule has 0 fully saturated rings. The number of nitrogens with one attached hydrogen (secondary N) is 1. The van der Waals surface area contributed by atoms with Crippen LogP contribution in [-0.2, 0) is 6.54 Å². The Bertz CT molecular complexity index is 670. The zero-order valence-electron chi connectivity index (χ0n) is 9.17. The molecule has 0 aliphatic carbocycles. The number of nitrogens with zero attached hydrogens (tertiary/aromatic N) is 4. The molecule has 0 amide bonds. The van der Waals surface area contributed by atoms with E-state index in [1.165, 1.54) is 6.39 Å². The van der Waals surface area contributed by atoms with E-state index in [2.05, 4.69) is 29.9 Å². The van der Waals surface area contributed by atoms with Crippen molar-refractivity contribution in [2.75, 3.05) is 5.32 Å². The van der Waals surface area contributed by atoms with E-state index >= 15 is 0 Å². The van der Waals surface area contributed by atoms with E-state index in [4.69, 9.17) is 11.6 Å². The Morgan fingerprint density at radius 1 is 1.22 bits per heavy atom. The van der Waals surface area contributed by atoms with Gasteiger partial charge in [0.05, 0.1) is 12.1 Å². The zero-order chi connectivity index (χ0) is 12.4. The molecule has 0 aliphatic heterocycles. The van der Waals surface area contributed by atoms with Gasteiger partial charge in [-0.3, -0.25) is 0 Å². The summed E-state index contributed by atoms with van der Waals surface area (Å²) in [7, 11) is 0. The largest absolute Gasteiger partial charge is 0.362 e. The zero-order valence-corrected chi connectivity index (χ0v) is 9.92. The van der Waals surface area contributed by atoms with E-state index in [0.29, 0.717) is 18.2 Å². The Balaban J connectivity index is 1.95. The average molecular weight is 262 g/mol. The molecule has 2 heterocycles. The van der Waals surface area contributed by atoms with Gasteiger partial charge in [0.1, 0.15) is 5.82 Å². The number of anilines is 1. The number of rotatable bonds is 3. The van der Waals surface area contributed by atoms with Gasteiger partial charge in [0.25, 0.3) is 0 Å². The maximum Gasteiger partial charge on any atom is 0.224 e. The Hall–Kier alpha value is -2.21. The van der Waals surface area contributed by atoms with Gasteiger partial charge in [-0.15, -0.1) is 0 Å². The van der Waals surface area contributed by atoms with E-state index in [1.54, 1.807) is 0 Å². The van der Waals surface area contributed by atoms with Crippen molar-refractivity contribution in [1.82, 2.24) is 20.1 Å². The molecule has 0 spiro atoms. The summed E-state index contributed by atoms with van der Waals surface area (Å²) in [6.07, 6.45) is 1.28. The molecule has 1 N–H and O–H groups in total. The van der Waals surface area contributed by atoms with Crippen LogP contribution in [0.25, 0.3) is 10.9 Å². The fourth-order valence-electron chi connectivity index (χ4n) is 1.62. The molecule has 6 nitrogen and oxygen atoms in total. The van der Waals surface area contributed by atoms with Gasteiger partial charge in [0.15, 0.2) is 5.82 Å². The van der Waals surface area contributed by atoms with Crippen molar-refractivity contribution in [2.24, 2.45) is 0 Å². The molecule has 1 aromatic carbocycles. The molecule has 0 saturated heterocycles. The summed E-state index contributed by atoms with van der Waals surface area (Å²) in [6, 6.07) is 7.61. The lowest BCUT2D eigenvalue weighted by atomic mass is 10.2. The van der Waals surface area contributed by atoms with Gasteiger partial charge in [0, 0.05) is 5.39 Å². The lowest BCUT2D eigenvalue weighted by molar-refractivity contribution is 0.411. The fourth-order valence-corrected chi connectivity index (χ4v) is 1.79. The third kappa shape index (κ3) is 2.10. The predicted octanol–water partition coefficient (Wildman–Crippen LogP) is 2.28. The number of benzene rings is 1. The fraction of sp³-hybridized carbons (Fsp3) is 0.0909. The van der Waals surface area contributed by atoms with Crippen molar-refractivity contribution >= 4 is 28.3 Å². The monoisotopic (exact) mass is 261 g/mol. The molecule has 90 valence electrons. The molecule has 2 aromatic heterocycles. The molecule has 7 heteroatoms. The summed E-state index contributed by atoms with van der Waals surface area (Å²) in [5, 5.41) is 7.91. The minimum absolute atomic E-state index is 0.198. The number of hydrogen-bond donors (Lipinski definition) is 1. The third-order valence-corrected chi connectivity index (χ3v) is 2.57. The van der Waals surface area contributed by atoms with Crippen LogP contribution in [0.4, 0.5) is 5.82 Å². The van der Waals surface area contributed by atoms with Crippen LogP contribution < -0.4 is 5.32 Å². The highest BCUT2D eigenvalue weighted by atomic mass is 35.5. The van der Waals surface area contributed by atoms with Gasteiger partial charge in [0.2, 0.25) is 11.7 Å². The molecule has 3 rings (SSSR count). The maximum absolute atomic E-state index is 5.87. The average Bonchev–Trinajstić information content (AvgIpc) is 2.89. The van der Waals surface area contributed by atoms with Gasteiger partial charge in [-0.2, -0.15) is 4.98 Å². The van der Waals surface area contributed by atoms with Crippen LogP contribution in [0.2, 0.25) is 5.28 Å². The predicted molar refractivity (Wildman–Crippen MR) is 66.2 cm³/mol. The van der Waals surface area contributed by atoms with Gasteiger partial charge in [-0.1, -0.05) is 17.3 Å². The number of halogens is 1. The summed E-state index contributed by atoms with van der Waals surface area (Å²) >= 11 is 5.87. The summed E-state index contributed by atoms with van der Waals surface area (Å²) in [4.78, 5) is 12.2. The van der Waals surface area contributed by atoms with Crippen LogP contribution >= 0.6 is 11.6 Å². The van der Waals surface area contributed by atoms with Crippen LogP contribution in [0.5, 0.6) is 0 Å². The van der Waals surface area contributed by atoms with Crippen molar-refractivity contribution in [3.05, 3.63) is 41.8 Å². The molecule has 3 aromatic rings. The lowest BCUT2D eigenvalue weighted by Crippen LogP contribution is -2.04. The molecule has 0 radical (unpaired) electrons. The van der Waals surface area contributed by atoms with E-state index in [9.17, 15) is 0 Å². The van der Waals surface area contributed by atoms with Gasteiger partial charge < -0.3 is 9.84 Å². The minimum Gasteiger partial charge on any atom is -0.362 e. The summed E-state index contributed by atoms with van der Waals surface area (Å²) < 4.78 is 4.65. The molecular formula is C11H8ClN5O. The Kier molecular flexibility index (Phi) is 2.77. The Labute approximate surface area is 107 Å². The summed E-state index contributed by atoms with van der Waals surface area (Å²) in [5.74, 6) is 1.20. The van der Waals surface area contributed by atoms with Crippen molar-refractivity contribution in [3.8, 4) is 0 Å². The van der Waals surface area contributed by atoms with E-state index in [1.807, 2.05) is 24.3 Å². The van der Waals surface area contributed by atoms with E-state index in [0.717, 1.165) is 10.9 Å². The van der Waals surface area contributed by atoms with Crippen LogP contribution in [0.3, 0.4) is 0 Å². The van der Waals surface area contributed by atoms with E-state index in [-0.39, 0.29) is 5.28 Å². The van der Waals surface area contributed by atoms with Gasteiger partial charge in [-0.25, -0.2) is 9.97 Å². The molecule has 0 saturated carbocycles. The van der Waals surface area contributed by atoms with Crippen LogP contribution in [-0.4, -0.2) is 20.1 Å². The maximum atomic E-state index is 5.87. The number of para-hydroxylation sites is 1. The normalized spacial score (nSPS) is 10.7. The van der Waals surface area contributed by atoms with Crippen molar-refractivity contribution < 1.29 is 4.52 Å². The Morgan fingerprint density at radius 2 is 2.11 bits per heavy atom. The van der Waals surface area contributed by atoms with Crippen molar-refractivity contribution in [1.29, 1.82) is 0 Å². The van der Waals surface area contributed by atoms with Crippen molar-refractivity contribution in [2.45, 2.75) is 6.54 Å². The molecule has 0 bridgehead atoms. The second-order valence-electron chi connectivity index (χ2n) is 3.56. The highest BCUT2D eigenvalue weighted by Crippen LogP contribution is 2.21. The first-order valence-electron chi connectivity index (χ1n) is 5.24. The molecule has 18 heavy (non-hydrogen) atoms. The first kappa shape index (κ1) is 10.9. The summed E-state index contributed by atoms with van der Waals surface area (Å²) in [5.41, 5.74) is 0.785. The molecule has 0 unspecified atom stereocenters. The lowest BCUT2D eigenvalue weighted by Gasteiger charge is -2.06. The molecular weight excluding hydrogens is 254 g/mol. The molecule has 0 aliphatic rings. The highest BCUT2D eigenvalue weighted by Gasteiger charge is 2.06. The first-order valence-corrected chi connectivity index (χ1v) is 5.62. The highest BCUT2D eigenvalue weighted by molar-refractivity contribution is 6.28. The van der Waals surface area contributed by atoms with E-state index < -0.39 is 0 Å². The second kappa shape index (κ2) is 4.58. The van der Waals surface area contributed by atoms with Crippen LogP contribution in [0, 0.1) is 0 Å². The summed E-state index contributed by atoms with van der Waals surface area (Å²) in [6.45, 7) is 0.411. The second-order valence-corrected chi connectivity index (χ2v) is 3.90. The molecule has 0 atom stereocenters. The number of aromatic nitrogens is 4. The minimum atomic E-state index is 0.198. The first-order chi connectivity index (χ1) is 8.83. The quantitative estimate of drug-likeness (QED) is 0.729. The standard InChI is InChI=1S/C11H8ClN5O/c12-11-15-8-4-2-1-3-7(8)10(16-11)13-5-9-14-6-18-17-9/h1-4,6H,5H2,(H,13,15,16). The number of hydrogen-bond acceptors (Lipinski definition) is 6. The smallest absolute Gasteiger partial charge is 0.224 e. The third-order valence-electron chi connectivity index (χ3n) is 2.40. The van der Waals surface area contributed by atoms with Gasteiger partial charge >= 0.3 is 0 Å². The van der Waals surface area contributed by atoms with Gasteiger partial charge in [-0.05, 0) is 23.7 Å². The van der Waals surface area contributed by atoms with Crippen LogP contribution in [0.15, 0.2) is 35.2 Å². The van der Waals surface area contributed by atoms with Crippen molar-refractivity contribution in [3.63, 3.8) is 0 Å². The SMILES string of the molecule is Clc1nc(NCc2ncon2)c2ccccc2n1. The topological polar surface area (TPSA) is 76.7 Å².